The Morgan fingerprint density at radius 3 is 2.14 bits per heavy atom. The first-order chi connectivity index (χ1) is 16.6. The Bertz CT molecular complexity index is 853. The van der Waals surface area contributed by atoms with Crippen molar-refractivity contribution in [1.82, 2.24) is 25.9 Å². The number of carbonyl (C=O) groups excluding carboxylic acids is 3. The van der Waals surface area contributed by atoms with Gasteiger partial charge in [0.05, 0.1) is 12.4 Å². The monoisotopic (exact) mass is 515 g/mol. The van der Waals surface area contributed by atoms with E-state index in [4.69, 9.17) is 16.6 Å². The molecule has 196 valence electrons. The van der Waals surface area contributed by atoms with Gasteiger partial charge < -0.3 is 42.6 Å². The molecule has 1 rings (SSSR count). The number of amides is 3. The third kappa shape index (κ3) is 11.2. The molecule has 1 heterocycles. The molecule has 0 spiro atoms. The first-order valence-electron chi connectivity index (χ1n) is 11.0. The predicted octanol–water partition coefficient (Wildman–Crippen LogP) is -2.26. The fourth-order valence-electron chi connectivity index (χ4n) is 3.00. The van der Waals surface area contributed by atoms with Crippen LogP contribution < -0.4 is 27.4 Å². The number of nitrogens with one attached hydrogen (secondary N) is 4. The van der Waals surface area contributed by atoms with E-state index in [0.29, 0.717) is 25.1 Å². The molecule has 35 heavy (non-hydrogen) atoms. The van der Waals surface area contributed by atoms with Crippen LogP contribution in [-0.2, 0) is 30.4 Å². The molecule has 0 aliphatic carbocycles. The number of imidazole rings is 1. The van der Waals surface area contributed by atoms with Crippen molar-refractivity contribution in [1.29, 1.82) is 0 Å². The van der Waals surface area contributed by atoms with Gasteiger partial charge in [-0.3, -0.25) is 19.2 Å². The van der Waals surface area contributed by atoms with Gasteiger partial charge >= 0.3 is 11.9 Å². The lowest BCUT2D eigenvalue weighted by Gasteiger charge is -2.24. The fourth-order valence-corrected chi connectivity index (χ4v) is 3.26. The molecular formula is C20H33N7O7S. The summed E-state index contributed by atoms with van der Waals surface area (Å²) in [4.78, 5) is 66.9. The smallest absolute Gasteiger partial charge is 0.326 e. The van der Waals surface area contributed by atoms with Gasteiger partial charge in [-0.05, 0) is 32.2 Å². The number of aromatic nitrogens is 2. The van der Waals surface area contributed by atoms with Crippen LogP contribution in [-0.4, -0.2) is 86.3 Å². The van der Waals surface area contributed by atoms with Crippen molar-refractivity contribution in [2.45, 2.75) is 62.7 Å². The maximum absolute atomic E-state index is 12.9. The number of nitrogens with two attached hydrogens (primary N) is 2. The number of aliphatic carboxylic acids is 2. The molecule has 0 bridgehead atoms. The number of aromatic amines is 1. The van der Waals surface area contributed by atoms with Gasteiger partial charge in [-0.2, -0.15) is 12.6 Å². The van der Waals surface area contributed by atoms with Gasteiger partial charge in [0.15, 0.2) is 0 Å². The van der Waals surface area contributed by atoms with Crippen LogP contribution in [0, 0.1) is 0 Å². The quantitative estimate of drug-likeness (QED) is 0.0796. The molecule has 14 nitrogen and oxygen atoms in total. The SMILES string of the molecule is NCCCCC(NC(=O)C(Cc1cnc[nH]1)NC(=O)C(CS)NC(=O)C(N)CCC(=O)O)C(=O)O. The van der Waals surface area contributed by atoms with Crippen molar-refractivity contribution in [2.24, 2.45) is 11.5 Å². The summed E-state index contributed by atoms with van der Waals surface area (Å²) in [6, 6.07) is -4.71. The summed E-state index contributed by atoms with van der Waals surface area (Å²) >= 11 is 4.06. The predicted molar refractivity (Wildman–Crippen MR) is 127 cm³/mol. The zero-order valence-electron chi connectivity index (χ0n) is 19.1. The summed E-state index contributed by atoms with van der Waals surface area (Å²) in [6.45, 7) is 0.385. The third-order valence-corrected chi connectivity index (χ3v) is 5.36. The Labute approximate surface area is 207 Å². The van der Waals surface area contributed by atoms with Crippen LogP contribution in [0.2, 0.25) is 0 Å². The maximum Gasteiger partial charge on any atom is 0.326 e. The molecule has 4 atom stereocenters. The standard InChI is InChI=1S/C20H33N7O7S/c21-6-2-1-3-13(20(33)34)25-18(31)14(7-11-8-23-10-24-11)26-19(32)15(9-35)27-17(30)12(22)4-5-16(28)29/h8,10,12-15,35H,1-7,9,21-22H2,(H,23,24)(H,25,31)(H,26,32)(H,27,30)(H,28,29)(H,33,34). The molecule has 4 unspecified atom stereocenters. The van der Waals surface area contributed by atoms with Gasteiger partial charge in [-0.25, -0.2) is 9.78 Å². The number of thiol groups is 1. The lowest BCUT2D eigenvalue weighted by Crippen LogP contribution is -2.58. The topological polar surface area (TPSA) is 243 Å². The van der Waals surface area contributed by atoms with Crippen molar-refractivity contribution in [2.75, 3.05) is 12.3 Å². The normalized spacial score (nSPS) is 14.3. The minimum Gasteiger partial charge on any atom is -0.481 e. The Kier molecular flexibility index (Phi) is 13.4. The highest BCUT2D eigenvalue weighted by Crippen LogP contribution is 2.05. The van der Waals surface area contributed by atoms with Crippen molar-refractivity contribution in [3.05, 3.63) is 18.2 Å². The Morgan fingerprint density at radius 1 is 0.971 bits per heavy atom. The van der Waals surface area contributed by atoms with Crippen LogP contribution in [0.5, 0.6) is 0 Å². The van der Waals surface area contributed by atoms with Crippen LogP contribution >= 0.6 is 12.6 Å². The molecule has 0 aromatic carbocycles. The van der Waals surface area contributed by atoms with Gasteiger partial charge in [0.25, 0.3) is 0 Å². The van der Waals surface area contributed by atoms with Gasteiger partial charge in [0.1, 0.15) is 18.1 Å². The zero-order chi connectivity index (χ0) is 26.4. The van der Waals surface area contributed by atoms with E-state index in [1.165, 1.54) is 12.5 Å². The average molecular weight is 516 g/mol. The molecular weight excluding hydrogens is 482 g/mol. The molecule has 0 saturated carbocycles. The molecule has 10 N–H and O–H groups in total. The number of H-pyrrole nitrogens is 1. The third-order valence-electron chi connectivity index (χ3n) is 4.99. The lowest BCUT2D eigenvalue weighted by molar-refractivity contribution is -0.142. The Hall–Kier alpha value is -3.17. The number of unbranched alkanes of at least 4 members (excludes halogenated alkanes) is 1. The highest BCUT2D eigenvalue weighted by molar-refractivity contribution is 7.80. The first-order valence-corrected chi connectivity index (χ1v) is 11.6. The van der Waals surface area contributed by atoms with E-state index < -0.39 is 53.8 Å². The first kappa shape index (κ1) is 29.9. The number of hydrogen-bond acceptors (Lipinski definition) is 9. The highest BCUT2D eigenvalue weighted by Gasteiger charge is 2.30. The van der Waals surface area contributed by atoms with Gasteiger partial charge in [0, 0.05) is 30.5 Å². The number of nitrogens with zero attached hydrogens (tertiary/aromatic N) is 1. The largest absolute Gasteiger partial charge is 0.481 e. The van der Waals surface area contributed by atoms with E-state index in [2.05, 4.69) is 38.5 Å². The summed E-state index contributed by atoms with van der Waals surface area (Å²) in [5.74, 6) is -4.73. The summed E-state index contributed by atoms with van der Waals surface area (Å²) < 4.78 is 0. The number of rotatable bonds is 17. The fraction of sp³-hybridized carbons (Fsp3) is 0.600. The van der Waals surface area contributed by atoms with Crippen LogP contribution in [0.25, 0.3) is 0 Å². The second kappa shape index (κ2) is 15.7. The van der Waals surface area contributed by atoms with Crippen molar-refractivity contribution in [3.8, 4) is 0 Å². The van der Waals surface area contributed by atoms with Crippen LogP contribution in [0.4, 0.5) is 0 Å². The number of carboxylic acids is 2. The summed E-state index contributed by atoms with van der Waals surface area (Å²) in [6.07, 6.45) is 3.58. The summed E-state index contributed by atoms with van der Waals surface area (Å²) in [5.41, 5.74) is 11.6. The second-order valence-corrected chi connectivity index (χ2v) is 8.17. The summed E-state index contributed by atoms with van der Waals surface area (Å²) in [5, 5.41) is 25.5. The molecule has 0 fully saturated rings. The van der Waals surface area contributed by atoms with E-state index in [1.807, 2.05) is 0 Å². The van der Waals surface area contributed by atoms with Crippen LogP contribution in [0.1, 0.15) is 37.8 Å². The summed E-state index contributed by atoms with van der Waals surface area (Å²) in [7, 11) is 0. The van der Waals surface area contributed by atoms with Gasteiger partial charge in [-0.15, -0.1) is 0 Å². The Morgan fingerprint density at radius 2 is 1.60 bits per heavy atom. The highest BCUT2D eigenvalue weighted by atomic mass is 32.1. The molecule has 1 aromatic heterocycles. The van der Waals surface area contributed by atoms with E-state index >= 15 is 0 Å². The van der Waals surface area contributed by atoms with Gasteiger partial charge in [-0.1, -0.05) is 0 Å². The van der Waals surface area contributed by atoms with E-state index in [9.17, 15) is 29.1 Å². The van der Waals surface area contributed by atoms with Crippen molar-refractivity contribution >= 4 is 42.3 Å². The van der Waals surface area contributed by atoms with E-state index in [1.54, 1.807) is 0 Å². The lowest BCUT2D eigenvalue weighted by atomic mass is 10.1. The van der Waals surface area contributed by atoms with E-state index in [0.717, 1.165) is 0 Å². The molecule has 0 saturated heterocycles. The van der Waals surface area contributed by atoms with Crippen molar-refractivity contribution in [3.63, 3.8) is 0 Å². The average Bonchev–Trinajstić information content (AvgIpc) is 3.32. The maximum atomic E-state index is 12.9. The molecule has 0 aliphatic rings. The molecule has 3 amide bonds. The van der Waals surface area contributed by atoms with Crippen LogP contribution in [0.15, 0.2) is 12.5 Å². The minimum absolute atomic E-state index is 0.0297. The van der Waals surface area contributed by atoms with Crippen LogP contribution in [0.3, 0.4) is 0 Å². The molecule has 15 heteroatoms. The number of carboxylic acid groups (broad SMARTS) is 2. The Balaban J connectivity index is 2.90. The van der Waals surface area contributed by atoms with E-state index in [-0.39, 0.29) is 31.4 Å². The molecule has 0 aliphatic heterocycles. The van der Waals surface area contributed by atoms with Crippen molar-refractivity contribution < 1.29 is 34.2 Å². The molecule has 0 radical (unpaired) electrons. The minimum atomic E-state index is -1.22. The number of carbonyl (C=O) groups is 5. The second-order valence-electron chi connectivity index (χ2n) is 7.81. The number of hydrogen-bond donors (Lipinski definition) is 9. The van der Waals surface area contributed by atoms with Gasteiger partial charge in [0.2, 0.25) is 17.7 Å². The zero-order valence-corrected chi connectivity index (χ0v) is 20.0. The molecule has 1 aromatic rings.